The minimum absolute atomic E-state index is 0.161. The molecular weight excluding hydrogens is 418 g/mol. The van der Waals surface area contributed by atoms with Crippen molar-refractivity contribution >= 4 is 17.9 Å². The van der Waals surface area contributed by atoms with Crippen molar-refractivity contribution in [2.75, 3.05) is 52.4 Å². The average Bonchev–Trinajstić information content (AvgIpc) is 3.58. The van der Waals surface area contributed by atoms with Crippen molar-refractivity contribution < 1.29 is 14.3 Å². The Kier molecular flexibility index (Phi) is 7.51. The lowest BCUT2D eigenvalue weighted by Crippen LogP contribution is -2.51. The van der Waals surface area contributed by atoms with E-state index in [1.54, 1.807) is 11.0 Å². The first-order valence-electron chi connectivity index (χ1n) is 12.2. The van der Waals surface area contributed by atoms with Crippen molar-refractivity contribution in [1.29, 1.82) is 5.26 Å². The van der Waals surface area contributed by atoms with E-state index in [9.17, 15) is 14.9 Å². The number of hydrogen-bond donors (Lipinski definition) is 0. The highest BCUT2D eigenvalue weighted by Crippen LogP contribution is 2.22. The summed E-state index contributed by atoms with van der Waals surface area (Å²) in [5, 5.41) is 9.72. The molecule has 3 fully saturated rings. The second-order valence-corrected chi connectivity index (χ2v) is 9.40. The Hall–Kier alpha value is -2.63. The maximum Gasteiger partial charge on any atom is 0.264 e. The number of ether oxygens (including phenoxy) is 1. The van der Waals surface area contributed by atoms with Gasteiger partial charge in [-0.2, -0.15) is 5.26 Å². The van der Waals surface area contributed by atoms with Gasteiger partial charge in [-0.25, -0.2) is 0 Å². The topological polar surface area (TPSA) is 81.8 Å². The number of aryl methyl sites for hydroxylation is 1. The molecular formula is C25H35N5O3. The summed E-state index contributed by atoms with van der Waals surface area (Å²) in [6.07, 6.45) is 6.31. The van der Waals surface area contributed by atoms with Crippen molar-refractivity contribution in [2.45, 2.75) is 52.2 Å². The fourth-order valence-electron chi connectivity index (χ4n) is 5.08. The van der Waals surface area contributed by atoms with Crippen LogP contribution < -0.4 is 0 Å². The van der Waals surface area contributed by atoms with E-state index in [-0.39, 0.29) is 23.5 Å². The van der Waals surface area contributed by atoms with Gasteiger partial charge in [0.2, 0.25) is 5.91 Å². The number of amides is 2. The molecule has 1 unspecified atom stereocenters. The highest BCUT2D eigenvalue weighted by Gasteiger charge is 2.27. The standard InChI is InChI=1S/C25H35N5O3/c1-19-14-21(20(2)30(19)17-23-6-5-13-33-23)15-22(16-26)25(32)29-11-9-27(10-12-29)18-24(31)28-7-3-4-8-28/h14-15,23H,3-13,17-18H2,1-2H3/b22-15+. The summed E-state index contributed by atoms with van der Waals surface area (Å²) in [6, 6.07) is 4.16. The molecule has 0 saturated carbocycles. The molecule has 33 heavy (non-hydrogen) atoms. The van der Waals surface area contributed by atoms with Gasteiger partial charge in [-0.15, -0.1) is 0 Å². The summed E-state index contributed by atoms with van der Waals surface area (Å²) in [7, 11) is 0. The molecule has 1 atom stereocenters. The Morgan fingerprint density at radius 2 is 1.82 bits per heavy atom. The van der Waals surface area contributed by atoms with Gasteiger partial charge in [0.1, 0.15) is 11.6 Å². The predicted molar refractivity (Wildman–Crippen MR) is 125 cm³/mol. The number of aromatic nitrogens is 1. The first-order valence-corrected chi connectivity index (χ1v) is 12.2. The first kappa shape index (κ1) is 23.5. The molecule has 0 radical (unpaired) electrons. The molecule has 0 N–H and O–H groups in total. The maximum atomic E-state index is 13.1. The van der Waals surface area contributed by atoms with Gasteiger partial charge in [-0.05, 0) is 57.2 Å². The van der Waals surface area contributed by atoms with Gasteiger partial charge in [-0.1, -0.05) is 0 Å². The number of hydrogen-bond acceptors (Lipinski definition) is 5. The summed E-state index contributed by atoms with van der Waals surface area (Å²) < 4.78 is 8.00. The second kappa shape index (κ2) is 10.5. The number of piperazine rings is 1. The van der Waals surface area contributed by atoms with E-state index in [4.69, 9.17) is 4.74 Å². The van der Waals surface area contributed by atoms with Crippen LogP contribution in [0.15, 0.2) is 11.6 Å². The van der Waals surface area contributed by atoms with Crippen molar-refractivity contribution in [1.82, 2.24) is 19.3 Å². The second-order valence-electron chi connectivity index (χ2n) is 9.40. The number of rotatable bonds is 6. The van der Waals surface area contributed by atoms with Gasteiger partial charge in [0.05, 0.1) is 12.6 Å². The Morgan fingerprint density at radius 3 is 2.45 bits per heavy atom. The van der Waals surface area contributed by atoms with E-state index in [2.05, 4.69) is 22.5 Å². The monoisotopic (exact) mass is 453 g/mol. The molecule has 3 aliphatic heterocycles. The van der Waals surface area contributed by atoms with Crippen LogP contribution in [0.5, 0.6) is 0 Å². The van der Waals surface area contributed by atoms with E-state index in [1.807, 2.05) is 17.9 Å². The number of carbonyl (C=O) groups excluding carboxylic acids is 2. The molecule has 1 aromatic rings. The van der Waals surface area contributed by atoms with Gasteiger partial charge in [-0.3, -0.25) is 14.5 Å². The third kappa shape index (κ3) is 5.48. The first-order chi connectivity index (χ1) is 16.0. The minimum Gasteiger partial charge on any atom is -0.376 e. The molecule has 4 rings (SSSR count). The van der Waals surface area contributed by atoms with Gasteiger partial charge in [0.15, 0.2) is 0 Å². The van der Waals surface area contributed by atoms with Gasteiger partial charge < -0.3 is 19.1 Å². The van der Waals surface area contributed by atoms with Crippen LogP contribution in [-0.2, 0) is 20.9 Å². The molecule has 8 heteroatoms. The SMILES string of the molecule is Cc1cc(/C=C(\C#N)C(=O)N2CCN(CC(=O)N3CCCC3)CC2)c(C)n1CC1CCCO1. The van der Waals surface area contributed by atoms with E-state index in [0.717, 1.165) is 68.9 Å². The van der Waals surface area contributed by atoms with E-state index < -0.39 is 0 Å². The molecule has 3 aliphatic rings. The molecule has 1 aromatic heterocycles. The Labute approximate surface area is 196 Å². The normalized spacial score (nSPS) is 22.1. The molecule has 0 aliphatic carbocycles. The number of carbonyl (C=O) groups is 2. The van der Waals surface area contributed by atoms with Crippen molar-refractivity contribution in [2.24, 2.45) is 0 Å². The number of nitriles is 1. The minimum atomic E-state index is -0.230. The molecule has 178 valence electrons. The average molecular weight is 454 g/mol. The fourth-order valence-corrected chi connectivity index (χ4v) is 5.08. The maximum absolute atomic E-state index is 13.1. The molecule has 3 saturated heterocycles. The number of likely N-dealkylation sites (tertiary alicyclic amines) is 1. The molecule has 0 bridgehead atoms. The predicted octanol–water partition coefficient (Wildman–Crippen LogP) is 1.96. The van der Waals surface area contributed by atoms with Crippen LogP contribution in [0.1, 0.15) is 42.6 Å². The Morgan fingerprint density at radius 1 is 1.09 bits per heavy atom. The van der Waals surface area contributed by atoms with Crippen molar-refractivity contribution in [3.05, 3.63) is 28.6 Å². The van der Waals surface area contributed by atoms with Crippen LogP contribution in [0.3, 0.4) is 0 Å². The van der Waals surface area contributed by atoms with Crippen LogP contribution in [0.25, 0.3) is 6.08 Å². The summed E-state index contributed by atoms with van der Waals surface area (Å²) in [5.74, 6) is -0.0461. The van der Waals surface area contributed by atoms with E-state index >= 15 is 0 Å². The zero-order chi connectivity index (χ0) is 23.4. The highest BCUT2D eigenvalue weighted by molar-refractivity contribution is 6.01. The Balaban J connectivity index is 1.36. The highest BCUT2D eigenvalue weighted by atomic mass is 16.5. The van der Waals surface area contributed by atoms with Crippen molar-refractivity contribution in [3.8, 4) is 6.07 Å². The summed E-state index contributed by atoms with van der Waals surface area (Å²) in [5.41, 5.74) is 3.23. The quantitative estimate of drug-likeness (QED) is 0.486. The molecule has 4 heterocycles. The van der Waals surface area contributed by atoms with Crippen molar-refractivity contribution in [3.63, 3.8) is 0 Å². The van der Waals surface area contributed by atoms with Gasteiger partial charge in [0.25, 0.3) is 5.91 Å². The van der Waals surface area contributed by atoms with Gasteiger partial charge >= 0.3 is 0 Å². The zero-order valence-corrected chi connectivity index (χ0v) is 19.9. The number of nitrogens with zero attached hydrogens (tertiary/aromatic N) is 5. The largest absolute Gasteiger partial charge is 0.376 e. The molecule has 2 amide bonds. The fraction of sp³-hybridized carbons (Fsp3) is 0.640. The third-order valence-electron chi connectivity index (χ3n) is 7.15. The lowest BCUT2D eigenvalue weighted by atomic mass is 10.1. The van der Waals surface area contributed by atoms with Crippen LogP contribution in [0.2, 0.25) is 0 Å². The smallest absolute Gasteiger partial charge is 0.264 e. The molecule has 0 spiro atoms. The van der Waals surface area contributed by atoms with Crippen LogP contribution in [0.4, 0.5) is 0 Å². The molecule has 8 nitrogen and oxygen atoms in total. The van der Waals surface area contributed by atoms with Crippen LogP contribution in [-0.4, -0.2) is 89.6 Å². The lowest BCUT2D eigenvalue weighted by molar-refractivity contribution is -0.132. The third-order valence-corrected chi connectivity index (χ3v) is 7.15. The summed E-state index contributed by atoms with van der Waals surface area (Å²) >= 11 is 0. The zero-order valence-electron chi connectivity index (χ0n) is 19.9. The van der Waals surface area contributed by atoms with Crippen LogP contribution in [0, 0.1) is 25.2 Å². The van der Waals surface area contributed by atoms with Gasteiger partial charge in [0, 0.05) is 63.8 Å². The Bertz CT molecular complexity index is 940. The summed E-state index contributed by atoms with van der Waals surface area (Å²) in [4.78, 5) is 31.2. The summed E-state index contributed by atoms with van der Waals surface area (Å²) in [6.45, 7) is 10.2. The van der Waals surface area contributed by atoms with Crippen LogP contribution >= 0.6 is 0 Å². The van der Waals surface area contributed by atoms with E-state index in [0.29, 0.717) is 32.7 Å². The van der Waals surface area contributed by atoms with E-state index in [1.165, 1.54) is 0 Å². The molecule has 0 aromatic carbocycles. The lowest BCUT2D eigenvalue weighted by Gasteiger charge is -2.34.